The quantitative estimate of drug-likeness (QED) is 0.873. The zero-order chi connectivity index (χ0) is 13.0. The number of anilines is 1. The van der Waals surface area contributed by atoms with Gasteiger partial charge in [0.25, 0.3) is 0 Å². The Morgan fingerprint density at radius 1 is 1.11 bits per heavy atom. The lowest BCUT2D eigenvalue weighted by Gasteiger charge is -2.17. The highest BCUT2D eigenvalue weighted by atomic mass is 14.9. The van der Waals surface area contributed by atoms with E-state index in [1.165, 1.54) is 11.1 Å². The number of benzene rings is 2. The SMILES string of the molecule is Cc1cccc(C(C)Nc2ccccc2C#N)c1. The summed E-state index contributed by atoms with van der Waals surface area (Å²) in [6, 6.07) is 18.3. The van der Waals surface area contributed by atoms with E-state index in [2.05, 4.69) is 49.5 Å². The second kappa shape index (κ2) is 5.37. The van der Waals surface area contributed by atoms with Gasteiger partial charge in [-0.3, -0.25) is 0 Å². The maximum atomic E-state index is 9.06. The molecular weight excluding hydrogens is 220 g/mol. The van der Waals surface area contributed by atoms with Crippen LogP contribution in [-0.2, 0) is 0 Å². The van der Waals surface area contributed by atoms with E-state index in [0.717, 1.165) is 5.69 Å². The summed E-state index contributed by atoms with van der Waals surface area (Å²) in [5, 5.41) is 12.4. The summed E-state index contributed by atoms with van der Waals surface area (Å²) in [4.78, 5) is 0. The molecule has 1 atom stereocenters. The molecule has 0 saturated carbocycles. The number of rotatable bonds is 3. The zero-order valence-electron chi connectivity index (χ0n) is 10.6. The van der Waals surface area contributed by atoms with Crippen LogP contribution >= 0.6 is 0 Å². The number of para-hydroxylation sites is 1. The van der Waals surface area contributed by atoms with E-state index in [-0.39, 0.29) is 6.04 Å². The van der Waals surface area contributed by atoms with Crippen molar-refractivity contribution in [1.82, 2.24) is 0 Å². The van der Waals surface area contributed by atoms with Crippen LogP contribution in [0.2, 0.25) is 0 Å². The van der Waals surface area contributed by atoms with Gasteiger partial charge >= 0.3 is 0 Å². The molecule has 2 heteroatoms. The Labute approximate surface area is 108 Å². The first-order valence-electron chi connectivity index (χ1n) is 6.03. The van der Waals surface area contributed by atoms with Crippen LogP contribution in [0.1, 0.15) is 29.7 Å². The van der Waals surface area contributed by atoms with Gasteiger partial charge in [-0.05, 0) is 31.5 Å². The molecule has 18 heavy (non-hydrogen) atoms. The van der Waals surface area contributed by atoms with Crippen LogP contribution in [0.25, 0.3) is 0 Å². The minimum absolute atomic E-state index is 0.180. The second-order valence-electron chi connectivity index (χ2n) is 4.44. The smallest absolute Gasteiger partial charge is 0.101 e. The molecule has 0 fully saturated rings. The van der Waals surface area contributed by atoms with Crippen molar-refractivity contribution in [2.45, 2.75) is 19.9 Å². The second-order valence-corrected chi connectivity index (χ2v) is 4.44. The Balaban J connectivity index is 2.22. The van der Waals surface area contributed by atoms with Crippen molar-refractivity contribution in [2.24, 2.45) is 0 Å². The Bertz CT molecular complexity index is 582. The molecule has 1 N–H and O–H groups in total. The molecule has 0 spiro atoms. The molecule has 1 unspecified atom stereocenters. The fraction of sp³-hybridized carbons (Fsp3) is 0.188. The van der Waals surface area contributed by atoms with Crippen molar-refractivity contribution in [1.29, 1.82) is 5.26 Å². The van der Waals surface area contributed by atoms with Crippen LogP contribution in [0, 0.1) is 18.3 Å². The molecule has 2 aromatic rings. The summed E-state index contributed by atoms with van der Waals surface area (Å²) < 4.78 is 0. The number of nitrogens with zero attached hydrogens (tertiary/aromatic N) is 1. The zero-order valence-corrected chi connectivity index (χ0v) is 10.6. The van der Waals surface area contributed by atoms with E-state index in [4.69, 9.17) is 5.26 Å². The van der Waals surface area contributed by atoms with Gasteiger partial charge in [0, 0.05) is 6.04 Å². The fourth-order valence-electron chi connectivity index (χ4n) is 1.96. The summed E-state index contributed by atoms with van der Waals surface area (Å²) in [5.74, 6) is 0. The fourth-order valence-corrected chi connectivity index (χ4v) is 1.96. The monoisotopic (exact) mass is 236 g/mol. The van der Waals surface area contributed by atoms with Gasteiger partial charge in [-0.1, -0.05) is 42.0 Å². The van der Waals surface area contributed by atoms with Crippen LogP contribution in [-0.4, -0.2) is 0 Å². The summed E-state index contributed by atoms with van der Waals surface area (Å²) >= 11 is 0. The molecule has 0 aliphatic rings. The maximum Gasteiger partial charge on any atom is 0.101 e. The van der Waals surface area contributed by atoms with Crippen molar-refractivity contribution in [3.05, 3.63) is 65.2 Å². The molecule has 0 aromatic heterocycles. The van der Waals surface area contributed by atoms with Gasteiger partial charge in [-0.15, -0.1) is 0 Å². The van der Waals surface area contributed by atoms with Gasteiger partial charge in [0.15, 0.2) is 0 Å². The topological polar surface area (TPSA) is 35.8 Å². The Hall–Kier alpha value is -2.27. The third kappa shape index (κ3) is 2.70. The molecule has 2 aromatic carbocycles. The maximum absolute atomic E-state index is 9.06. The van der Waals surface area contributed by atoms with E-state index in [1.807, 2.05) is 24.3 Å². The van der Waals surface area contributed by atoms with E-state index >= 15 is 0 Å². The van der Waals surface area contributed by atoms with E-state index in [9.17, 15) is 0 Å². The lowest BCUT2D eigenvalue weighted by molar-refractivity contribution is 0.882. The summed E-state index contributed by atoms with van der Waals surface area (Å²) in [6.45, 7) is 4.18. The average molecular weight is 236 g/mol. The Morgan fingerprint density at radius 3 is 2.61 bits per heavy atom. The predicted molar refractivity (Wildman–Crippen MR) is 74.4 cm³/mol. The minimum atomic E-state index is 0.180. The number of hydrogen-bond acceptors (Lipinski definition) is 2. The Morgan fingerprint density at radius 2 is 1.89 bits per heavy atom. The van der Waals surface area contributed by atoms with Crippen molar-refractivity contribution in [3.63, 3.8) is 0 Å². The van der Waals surface area contributed by atoms with E-state index < -0.39 is 0 Å². The summed E-state index contributed by atoms with van der Waals surface area (Å²) in [5.41, 5.74) is 4.03. The average Bonchev–Trinajstić information content (AvgIpc) is 2.39. The molecule has 0 aliphatic carbocycles. The standard InChI is InChI=1S/C16H16N2/c1-12-6-5-8-14(10-12)13(2)18-16-9-4-3-7-15(16)11-17/h3-10,13,18H,1-2H3. The van der Waals surface area contributed by atoms with Gasteiger partial charge in [-0.2, -0.15) is 5.26 Å². The molecule has 0 heterocycles. The molecule has 0 aliphatic heterocycles. The van der Waals surface area contributed by atoms with Crippen molar-refractivity contribution in [3.8, 4) is 6.07 Å². The van der Waals surface area contributed by atoms with Gasteiger partial charge in [0.1, 0.15) is 6.07 Å². The van der Waals surface area contributed by atoms with Crippen LogP contribution < -0.4 is 5.32 Å². The highest BCUT2D eigenvalue weighted by molar-refractivity contribution is 5.58. The normalized spacial score (nSPS) is 11.6. The van der Waals surface area contributed by atoms with Crippen LogP contribution in [0.4, 0.5) is 5.69 Å². The third-order valence-electron chi connectivity index (χ3n) is 2.96. The highest BCUT2D eigenvalue weighted by Gasteiger charge is 2.07. The number of nitriles is 1. The van der Waals surface area contributed by atoms with E-state index in [0.29, 0.717) is 5.56 Å². The number of aryl methyl sites for hydroxylation is 1. The number of nitrogens with one attached hydrogen (secondary N) is 1. The Kier molecular flexibility index (Phi) is 3.64. The van der Waals surface area contributed by atoms with Gasteiger partial charge < -0.3 is 5.32 Å². The van der Waals surface area contributed by atoms with Crippen molar-refractivity contribution < 1.29 is 0 Å². The van der Waals surface area contributed by atoms with Gasteiger partial charge in [0.2, 0.25) is 0 Å². The molecule has 90 valence electrons. The first-order chi connectivity index (χ1) is 8.70. The van der Waals surface area contributed by atoms with Gasteiger partial charge in [0.05, 0.1) is 11.3 Å². The third-order valence-corrected chi connectivity index (χ3v) is 2.96. The molecule has 2 nitrogen and oxygen atoms in total. The first-order valence-corrected chi connectivity index (χ1v) is 6.03. The molecular formula is C16H16N2. The van der Waals surface area contributed by atoms with Gasteiger partial charge in [-0.25, -0.2) is 0 Å². The molecule has 0 amide bonds. The molecule has 0 bridgehead atoms. The lowest BCUT2D eigenvalue weighted by atomic mass is 10.0. The van der Waals surface area contributed by atoms with E-state index in [1.54, 1.807) is 0 Å². The van der Waals surface area contributed by atoms with Crippen molar-refractivity contribution in [2.75, 3.05) is 5.32 Å². The molecule has 0 saturated heterocycles. The van der Waals surface area contributed by atoms with Crippen LogP contribution in [0.5, 0.6) is 0 Å². The lowest BCUT2D eigenvalue weighted by Crippen LogP contribution is -2.07. The largest absolute Gasteiger partial charge is 0.377 e. The number of hydrogen-bond donors (Lipinski definition) is 1. The van der Waals surface area contributed by atoms with Crippen LogP contribution in [0.3, 0.4) is 0 Å². The molecule has 2 rings (SSSR count). The van der Waals surface area contributed by atoms with Crippen molar-refractivity contribution >= 4 is 5.69 Å². The summed E-state index contributed by atoms with van der Waals surface area (Å²) in [7, 11) is 0. The molecule has 0 radical (unpaired) electrons. The highest BCUT2D eigenvalue weighted by Crippen LogP contribution is 2.22. The van der Waals surface area contributed by atoms with Crippen LogP contribution in [0.15, 0.2) is 48.5 Å². The first kappa shape index (κ1) is 12.2. The minimum Gasteiger partial charge on any atom is -0.377 e. The summed E-state index contributed by atoms with van der Waals surface area (Å²) in [6.07, 6.45) is 0. The predicted octanol–water partition coefficient (Wildman–Crippen LogP) is 4.04.